The largest absolute Gasteiger partial charge is 0.370 e. The van der Waals surface area contributed by atoms with E-state index in [4.69, 9.17) is 11.5 Å². The fourth-order valence-corrected chi connectivity index (χ4v) is 2.85. The highest BCUT2D eigenvalue weighted by Crippen LogP contribution is 2.36. The normalized spacial score (nSPS) is 16.6. The molecule has 2 heterocycles. The Bertz CT molecular complexity index is 717. The van der Waals surface area contributed by atoms with Gasteiger partial charge in [-0.1, -0.05) is 6.07 Å². The lowest BCUT2D eigenvalue weighted by Crippen LogP contribution is -2.21. The summed E-state index contributed by atoms with van der Waals surface area (Å²) in [6.07, 6.45) is 0. The summed E-state index contributed by atoms with van der Waals surface area (Å²) >= 11 is 1.37. The average Bonchev–Trinajstić information content (AvgIpc) is 2.95. The standard InChI is InChI=1S/C13H13N5OS/c1-6-8-4-7(2-3-9(8)16-11(6)19)10-5-20-13(17-10)18-12(14)15/h2-6H,1H3,(H,16,19)(H4,14,15,17,18)/t6-/m1/s1. The molecular formula is C13H13N5OS. The van der Waals surface area contributed by atoms with Crippen LogP contribution in [0.4, 0.5) is 10.8 Å². The zero-order chi connectivity index (χ0) is 14.3. The van der Waals surface area contributed by atoms with Gasteiger partial charge < -0.3 is 16.8 Å². The first-order valence-electron chi connectivity index (χ1n) is 6.05. The minimum atomic E-state index is -0.138. The molecule has 3 rings (SSSR count). The quantitative estimate of drug-likeness (QED) is 0.578. The van der Waals surface area contributed by atoms with E-state index >= 15 is 0 Å². The number of amides is 1. The molecule has 0 aliphatic carbocycles. The van der Waals surface area contributed by atoms with Crippen LogP contribution >= 0.6 is 11.3 Å². The molecule has 0 radical (unpaired) electrons. The van der Waals surface area contributed by atoms with Crippen LogP contribution in [0.3, 0.4) is 0 Å². The van der Waals surface area contributed by atoms with Gasteiger partial charge >= 0.3 is 0 Å². The van der Waals surface area contributed by atoms with Gasteiger partial charge in [-0.25, -0.2) is 4.98 Å². The second-order valence-electron chi connectivity index (χ2n) is 4.56. The number of rotatable bonds is 2. The van der Waals surface area contributed by atoms with E-state index in [-0.39, 0.29) is 17.8 Å². The SMILES string of the molecule is C[C@H]1C(=O)Nc2ccc(-c3csc(N=C(N)N)n3)cc21. The number of benzene rings is 1. The topological polar surface area (TPSA) is 106 Å². The van der Waals surface area contributed by atoms with Crippen LogP contribution < -0.4 is 16.8 Å². The van der Waals surface area contributed by atoms with Gasteiger partial charge in [0.2, 0.25) is 11.0 Å². The Morgan fingerprint density at radius 2 is 2.25 bits per heavy atom. The van der Waals surface area contributed by atoms with Gasteiger partial charge in [-0.3, -0.25) is 4.79 Å². The van der Waals surface area contributed by atoms with Crippen LogP contribution in [0.5, 0.6) is 0 Å². The van der Waals surface area contributed by atoms with E-state index in [0.717, 1.165) is 22.5 Å². The molecule has 20 heavy (non-hydrogen) atoms. The van der Waals surface area contributed by atoms with E-state index in [9.17, 15) is 4.79 Å². The molecule has 2 aromatic rings. The lowest BCUT2D eigenvalue weighted by atomic mass is 10.00. The highest BCUT2D eigenvalue weighted by Gasteiger charge is 2.26. The second kappa shape index (κ2) is 4.61. The third-order valence-electron chi connectivity index (χ3n) is 3.18. The number of carbonyl (C=O) groups is 1. The molecule has 0 fully saturated rings. The predicted octanol–water partition coefficient (Wildman–Crippen LogP) is 1.77. The number of guanidine groups is 1. The van der Waals surface area contributed by atoms with Gasteiger partial charge in [0.05, 0.1) is 11.6 Å². The predicted molar refractivity (Wildman–Crippen MR) is 80.1 cm³/mol. The van der Waals surface area contributed by atoms with Crippen LogP contribution in [0.25, 0.3) is 11.3 Å². The number of aromatic nitrogens is 1. The van der Waals surface area contributed by atoms with Gasteiger partial charge in [0, 0.05) is 16.6 Å². The van der Waals surface area contributed by atoms with Gasteiger partial charge in [0.1, 0.15) is 0 Å². The third-order valence-corrected chi connectivity index (χ3v) is 3.92. The van der Waals surface area contributed by atoms with Crippen LogP contribution in [0.2, 0.25) is 0 Å². The van der Waals surface area contributed by atoms with Crippen LogP contribution in [-0.4, -0.2) is 16.9 Å². The molecule has 5 N–H and O–H groups in total. The van der Waals surface area contributed by atoms with Gasteiger partial charge in [0.15, 0.2) is 5.96 Å². The highest BCUT2D eigenvalue weighted by atomic mass is 32.1. The minimum Gasteiger partial charge on any atom is -0.370 e. The zero-order valence-corrected chi connectivity index (χ0v) is 11.6. The van der Waals surface area contributed by atoms with E-state index in [0.29, 0.717) is 5.13 Å². The molecule has 1 aliphatic rings. The number of thiazole rings is 1. The van der Waals surface area contributed by atoms with Crippen molar-refractivity contribution in [2.24, 2.45) is 16.5 Å². The molecule has 1 atom stereocenters. The molecule has 1 aliphatic heterocycles. The van der Waals surface area contributed by atoms with Crippen molar-refractivity contribution in [2.75, 3.05) is 5.32 Å². The fourth-order valence-electron chi connectivity index (χ4n) is 2.14. The lowest BCUT2D eigenvalue weighted by Gasteiger charge is -2.03. The minimum absolute atomic E-state index is 0.0109. The summed E-state index contributed by atoms with van der Waals surface area (Å²) in [7, 11) is 0. The summed E-state index contributed by atoms with van der Waals surface area (Å²) in [6.45, 7) is 1.89. The Balaban J connectivity index is 1.98. The Morgan fingerprint density at radius 3 is 3.00 bits per heavy atom. The van der Waals surface area contributed by atoms with E-state index in [1.54, 1.807) is 0 Å². The van der Waals surface area contributed by atoms with Crippen LogP contribution in [0.1, 0.15) is 18.4 Å². The van der Waals surface area contributed by atoms with Crippen molar-refractivity contribution in [2.45, 2.75) is 12.8 Å². The maximum absolute atomic E-state index is 11.6. The summed E-state index contributed by atoms with van der Waals surface area (Å²) in [6, 6.07) is 5.80. The Morgan fingerprint density at radius 1 is 1.45 bits per heavy atom. The van der Waals surface area contributed by atoms with Crippen molar-refractivity contribution < 1.29 is 4.79 Å². The highest BCUT2D eigenvalue weighted by molar-refractivity contribution is 7.13. The Kier molecular flexibility index (Phi) is 2.90. The molecule has 0 bridgehead atoms. The number of anilines is 1. The summed E-state index contributed by atoms with van der Waals surface area (Å²) in [4.78, 5) is 19.9. The first kappa shape index (κ1) is 12.6. The smallest absolute Gasteiger partial charge is 0.231 e. The number of nitrogens with two attached hydrogens (primary N) is 2. The van der Waals surface area contributed by atoms with Crippen molar-refractivity contribution >= 4 is 34.0 Å². The molecule has 1 aromatic heterocycles. The molecule has 0 saturated heterocycles. The average molecular weight is 287 g/mol. The first-order valence-corrected chi connectivity index (χ1v) is 6.93. The molecule has 0 saturated carbocycles. The lowest BCUT2D eigenvalue weighted by molar-refractivity contribution is -0.116. The number of fused-ring (bicyclic) bond motifs is 1. The monoisotopic (exact) mass is 287 g/mol. The van der Waals surface area contributed by atoms with Gasteiger partial charge in [0.25, 0.3) is 0 Å². The van der Waals surface area contributed by atoms with Crippen molar-refractivity contribution in [3.63, 3.8) is 0 Å². The van der Waals surface area contributed by atoms with E-state index in [1.165, 1.54) is 11.3 Å². The van der Waals surface area contributed by atoms with Crippen LogP contribution in [0.15, 0.2) is 28.6 Å². The van der Waals surface area contributed by atoms with E-state index in [1.807, 2.05) is 30.5 Å². The summed E-state index contributed by atoms with van der Waals surface area (Å²) < 4.78 is 0. The molecule has 1 amide bonds. The van der Waals surface area contributed by atoms with E-state index in [2.05, 4.69) is 15.3 Å². The number of aliphatic imine (C=N–C) groups is 1. The molecule has 6 nitrogen and oxygen atoms in total. The number of hydrogen-bond donors (Lipinski definition) is 3. The number of hydrogen-bond acceptors (Lipinski definition) is 4. The second-order valence-corrected chi connectivity index (χ2v) is 5.40. The van der Waals surface area contributed by atoms with Crippen molar-refractivity contribution in [3.05, 3.63) is 29.1 Å². The first-order chi connectivity index (χ1) is 9.54. The molecule has 0 unspecified atom stereocenters. The summed E-state index contributed by atoms with van der Waals surface area (Å²) in [5, 5.41) is 5.25. The molecule has 1 aromatic carbocycles. The van der Waals surface area contributed by atoms with Crippen molar-refractivity contribution in [1.82, 2.24) is 4.98 Å². The zero-order valence-electron chi connectivity index (χ0n) is 10.8. The molecule has 0 spiro atoms. The van der Waals surface area contributed by atoms with Gasteiger partial charge in [-0.2, -0.15) is 4.99 Å². The maximum atomic E-state index is 11.6. The van der Waals surface area contributed by atoms with Crippen molar-refractivity contribution in [1.29, 1.82) is 0 Å². The number of nitrogens with zero attached hydrogens (tertiary/aromatic N) is 2. The summed E-state index contributed by atoms with van der Waals surface area (Å²) in [5.41, 5.74) is 14.3. The Hall–Kier alpha value is -2.41. The third kappa shape index (κ3) is 2.12. The molecule has 102 valence electrons. The maximum Gasteiger partial charge on any atom is 0.231 e. The van der Waals surface area contributed by atoms with Gasteiger partial charge in [-0.05, 0) is 24.6 Å². The molecule has 7 heteroatoms. The van der Waals surface area contributed by atoms with Crippen LogP contribution in [0, 0.1) is 0 Å². The van der Waals surface area contributed by atoms with Crippen LogP contribution in [-0.2, 0) is 4.79 Å². The summed E-state index contributed by atoms with van der Waals surface area (Å²) in [5.74, 6) is -0.124. The molecular weight excluding hydrogens is 274 g/mol. The number of nitrogens with one attached hydrogen (secondary N) is 1. The van der Waals surface area contributed by atoms with Gasteiger partial charge in [-0.15, -0.1) is 11.3 Å². The fraction of sp³-hybridized carbons (Fsp3) is 0.154. The Labute approximate surface area is 119 Å². The van der Waals surface area contributed by atoms with E-state index < -0.39 is 0 Å². The number of carbonyl (C=O) groups excluding carboxylic acids is 1. The van der Waals surface area contributed by atoms with Crippen molar-refractivity contribution in [3.8, 4) is 11.3 Å².